The summed E-state index contributed by atoms with van der Waals surface area (Å²) in [6, 6.07) is 3.30. The molecule has 2 N–H and O–H groups in total. The lowest BCUT2D eigenvalue weighted by Crippen LogP contribution is -2.24. The van der Waals surface area contributed by atoms with Gasteiger partial charge in [0.2, 0.25) is 5.91 Å². The van der Waals surface area contributed by atoms with Gasteiger partial charge in [-0.1, -0.05) is 23.2 Å². The van der Waals surface area contributed by atoms with Crippen LogP contribution < -0.4 is 10.6 Å². The SMILES string of the molecule is Nc1c(Cl)cc(N2CC(CCl)CC2=O)cc1Cl. The lowest BCUT2D eigenvalue weighted by atomic mass is 10.1. The van der Waals surface area contributed by atoms with E-state index >= 15 is 0 Å². The van der Waals surface area contributed by atoms with Gasteiger partial charge in [0.1, 0.15) is 0 Å². The van der Waals surface area contributed by atoms with Crippen LogP contribution in [-0.2, 0) is 4.79 Å². The Morgan fingerprint density at radius 3 is 2.41 bits per heavy atom. The minimum absolute atomic E-state index is 0.0348. The predicted molar refractivity (Wildman–Crippen MR) is 72.1 cm³/mol. The number of alkyl halides is 1. The number of carbonyl (C=O) groups excluding carboxylic acids is 1. The highest BCUT2D eigenvalue weighted by Gasteiger charge is 2.30. The lowest BCUT2D eigenvalue weighted by Gasteiger charge is -2.18. The molecule has 1 aliphatic heterocycles. The molecule has 2 rings (SSSR count). The maximum absolute atomic E-state index is 11.8. The second kappa shape index (κ2) is 4.92. The number of anilines is 2. The van der Waals surface area contributed by atoms with Gasteiger partial charge in [-0.2, -0.15) is 0 Å². The summed E-state index contributed by atoms with van der Waals surface area (Å²) in [4.78, 5) is 13.4. The number of carbonyl (C=O) groups is 1. The van der Waals surface area contributed by atoms with Crippen LogP contribution in [0.25, 0.3) is 0 Å². The Bertz CT molecular complexity index is 441. The highest BCUT2D eigenvalue weighted by molar-refractivity contribution is 6.39. The minimum Gasteiger partial charge on any atom is -0.396 e. The molecule has 1 fully saturated rings. The summed E-state index contributed by atoms with van der Waals surface area (Å²) < 4.78 is 0. The Morgan fingerprint density at radius 2 is 1.94 bits per heavy atom. The van der Waals surface area contributed by atoms with Gasteiger partial charge >= 0.3 is 0 Å². The molecule has 17 heavy (non-hydrogen) atoms. The molecule has 0 bridgehead atoms. The molecule has 0 spiro atoms. The van der Waals surface area contributed by atoms with Gasteiger partial charge in [-0.25, -0.2) is 0 Å². The van der Waals surface area contributed by atoms with E-state index < -0.39 is 0 Å². The smallest absolute Gasteiger partial charge is 0.227 e. The number of hydrogen-bond donors (Lipinski definition) is 1. The Hall–Kier alpha value is -0.640. The van der Waals surface area contributed by atoms with Crippen molar-refractivity contribution in [2.75, 3.05) is 23.1 Å². The van der Waals surface area contributed by atoms with Crippen molar-refractivity contribution in [3.05, 3.63) is 22.2 Å². The van der Waals surface area contributed by atoms with Gasteiger partial charge in [-0.15, -0.1) is 11.6 Å². The van der Waals surface area contributed by atoms with Crippen molar-refractivity contribution in [2.45, 2.75) is 6.42 Å². The molecule has 1 amide bonds. The van der Waals surface area contributed by atoms with Crippen molar-refractivity contribution in [1.29, 1.82) is 0 Å². The maximum Gasteiger partial charge on any atom is 0.227 e. The number of rotatable bonds is 2. The molecule has 92 valence electrons. The topological polar surface area (TPSA) is 46.3 Å². The molecule has 1 aliphatic rings. The molecule has 1 unspecified atom stereocenters. The molecule has 0 radical (unpaired) electrons. The quantitative estimate of drug-likeness (QED) is 0.672. The Morgan fingerprint density at radius 1 is 1.35 bits per heavy atom. The van der Waals surface area contributed by atoms with Crippen LogP contribution in [0.2, 0.25) is 10.0 Å². The van der Waals surface area contributed by atoms with Gasteiger partial charge < -0.3 is 10.6 Å². The van der Waals surface area contributed by atoms with E-state index in [0.717, 1.165) is 0 Å². The largest absolute Gasteiger partial charge is 0.396 e. The second-order valence-corrected chi connectivity index (χ2v) is 5.17. The van der Waals surface area contributed by atoms with Crippen LogP contribution in [-0.4, -0.2) is 18.3 Å². The van der Waals surface area contributed by atoms with E-state index in [-0.39, 0.29) is 11.8 Å². The summed E-state index contributed by atoms with van der Waals surface area (Å²) in [5.41, 5.74) is 6.65. The van der Waals surface area contributed by atoms with Crippen molar-refractivity contribution in [2.24, 2.45) is 5.92 Å². The Labute approximate surface area is 114 Å². The van der Waals surface area contributed by atoms with E-state index in [0.29, 0.717) is 40.3 Å². The third-order valence-electron chi connectivity index (χ3n) is 2.80. The molecule has 1 heterocycles. The molecule has 1 aromatic rings. The molecule has 0 aliphatic carbocycles. The highest BCUT2D eigenvalue weighted by atomic mass is 35.5. The summed E-state index contributed by atoms with van der Waals surface area (Å²) in [6.07, 6.45) is 0.461. The first-order valence-corrected chi connectivity index (χ1v) is 6.42. The number of halogens is 3. The van der Waals surface area contributed by atoms with Crippen LogP contribution in [0.1, 0.15) is 6.42 Å². The van der Waals surface area contributed by atoms with E-state index in [1.807, 2.05) is 0 Å². The molecule has 0 saturated carbocycles. The van der Waals surface area contributed by atoms with E-state index in [1.54, 1.807) is 17.0 Å². The summed E-state index contributed by atoms with van der Waals surface area (Å²) in [6.45, 7) is 0.596. The molecule has 1 atom stereocenters. The van der Waals surface area contributed by atoms with Gasteiger partial charge in [-0.3, -0.25) is 4.79 Å². The van der Waals surface area contributed by atoms with Crippen LogP contribution in [0, 0.1) is 5.92 Å². The Balaban J connectivity index is 2.32. The number of nitrogens with two attached hydrogens (primary N) is 1. The van der Waals surface area contributed by atoms with Crippen LogP contribution in [0.15, 0.2) is 12.1 Å². The molecular formula is C11H11Cl3N2O. The third-order valence-corrected chi connectivity index (χ3v) is 3.86. The monoisotopic (exact) mass is 292 g/mol. The van der Waals surface area contributed by atoms with Gasteiger partial charge in [0.05, 0.1) is 15.7 Å². The van der Waals surface area contributed by atoms with E-state index in [4.69, 9.17) is 40.5 Å². The van der Waals surface area contributed by atoms with Crippen molar-refractivity contribution in [3.8, 4) is 0 Å². The first-order chi connectivity index (χ1) is 8.02. The van der Waals surface area contributed by atoms with Gasteiger partial charge in [0.25, 0.3) is 0 Å². The zero-order chi connectivity index (χ0) is 12.6. The van der Waals surface area contributed by atoms with Gasteiger partial charge in [0.15, 0.2) is 0 Å². The number of hydrogen-bond acceptors (Lipinski definition) is 2. The van der Waals surface area contributed by atoms with Gasteiger partial charge in [0, 0.05) is 24.5 Å². The van der Waals surface area contributed by atoms with Crippen molar-refractivity contribution in [1.82, 2.24) is 0 Å². The normalized spacial score (nSPS) is 20.1. The molecule has 6 heteroatoms. The van der Waals surface area contributed by atoms with Crippen molar-refractivity contribution < 1.29 is 4.79 Å². The highest BCUT2D eigenvalue weighted by Crippen LogP contribution is 2.35. The number of nitrogen functional groups attached to an aromatic ring is 1. The molecule has 3 nitrogen and oxygen atoms in total. The molecular weight excluding hydrogens is 282 g/mol. The third kappa shape index (κ3) is 2.46. The van der Waals surface area contributed by atoms with E-state index in [2.05, 4.69) is 0 Å². The second-order valence-electron chi connectivity index (χ2n) is 4.05. The summed E-state index contributed by atoms with van der Waals surface area (Å²) in [5, 5.41) is 0.712. The first-order valence-electron chi connectivity index (χ1n) is 5.13. The fourth-order valence-corrected chi connectivity index (χ4v) is 2.54. The van der Waals surface area contributed by atoms with Crippen LogP contribution in [0.4, 0.5) is 11.4 Å². The standard InChI is InChI=1S/C11H11Cl3N2O/c12-4-6-1-10(17)16(5-6)7-2-8(13)11(15)9(14)3-7/h2-3,6H,1,4-5,15H2. The molecule has 1 saturated heterocycles. The van der Waals surface area contributed by atoms with Crippen molar-refractivity contribution >= 4 is 52.1 Å². The average Bonchev–Trinajstić information content (AvgIpc) is 2.67. The number of benzene rings is 1. The first kappa shape index (κ1) is 12.8. The van der Waals surface area contributed by atoms with E-state index in [9.17, 15) is 4.79 Å². The number of amides is 1. The fourth-order valence-electron chi connectivity index (χ4n) is 1.86. The molecule has 0 aromatic heterocycles. The average molecular weight is 294 g/mol. The maximum atomic E-state index is 11.8. The van der Waals surface area contributed by atoms with Crippen LogP contribution >= 0.6 is 34.8 Å². The predicted octanol–water partition coefficient (Wildman–Crippen LogP) is 3.17. The number of nitrogens with zero attached hydrogens (tertiary/aromatic N) is 1. The fraction of sp³-hybridized carbons (Fsp3) is 0.364. The summed E-state index contributed by atoms with van der Waals surface area (Å²) >= 11 is 17.6. The lowest BCUT2D eigenvalue weighted by molar-refractivity contribution is -0.117. The minimum atomic E-state index is 0.0348. The Kier molecular flexibility index (Phi) is 3.71. The zero-order valence-corrected chi connectivity index (χ0v) is 11.2. The van der Waals surface area contributed by atoms with Gasteiger partial charge in [-0.05, 0) is 18.1 Å². The van der Waals surface area contributed by atoms with Crippen LogP contribution in [0.3, 0.4) is 0 Å². The van der Waals surface area contributed by atoms with Crippen molar-refractivity contribution in [3.63, 3.8) is 0 Å². The summed E-state index contributed by atoms with van der Waals surface area (Å²) in [5.74, 6) is 0.686. The van der Waals surface area contributed by atoms with Crippen LogP contribution in [0.5, 0.6) is 0 Å². The van der Waals surface area contributed by atoms with E-state index in [1.165, 1.54) is 0 Å². The zero-order valence-electron chi connectivity index (χ0n) is 8.92. The summed E-state index contributed by atoms with van der Waals surface area (Å²) in [7, 11) is 0. The molecule has 1 aromatic carbocycles.